The number of hydrogen-bond donors (Lipinski definition) is 1. The fourth-order valence-electron chi connectivity index (χ4n) is 1.25. The normalized spacial score (nSPS) is 9.93. The lowest BCUT2D eigenvalue weighted by Gasteiger charge is -2.02. The van der Waals surface area contributed by atoms with E-state index in [4.69, 9.17) is 10.5 Å². The number of benzene rings is 1. The van der Waals surface area contributed by atoms with Crippen LogP contribution in [0.3, 0.4) is 0 Å². The third kappa shape index (κ3) is 2.04. The first-order valence-electron chi connectivity index (χ1n) is 4.52. The van der Waals surface area contributed by atoms with E-state index in [1.54, 1.807) is 19.4 Å². The van der Waals surface area contributed by atoms with Gasteiger partial charge in [-0.2, -0.15) is 0 Å². The molecule has 2 N–H and O–H groups in total. The van der Waals surface area contributed by atoms with Crippen molar-refractivity contribution in [3.05, 3.63) is 36.5 Å². The van der Waals surface area contributed by atoms with Crippen LogP contribution in [0, 0.1) is 0 Å². The van der Waals surface area contributed by atoms with Crippen molar-refractivity contribution >= 4 is 5.82 Å². The van der Waals surface area contributed by atoms with Crippen LogP contribution < -0.4 is 10.5 Å². The first kappa shape index (κ1) is 9.45. The predicted octanol–water partition coefficient (Wildman–Crippen LogP) is 1.73. The molecule has 0 aliphatic heterocycles. The number of methoxy groups -OCH3 is 1. The van der Waals surface area contributed by atoms with Crippen molar-refractivity contribution in [2.45, 2.75) is 0 Å². The van der Waals surface area contributed by atoms with Crippen molar-refractivity contribution in [2.24, 2.45) is 0 Å². The summed E-state index contributed by atoms with van der Waals surface area (Å²) in [6.45, 7) is 0. The van der Waals surface area contributed by atoms with Crippen molar-refractivity contribution < 1.29 is 4.74 Å². The lowest BCUT2D eigenvalue weighted by atomic mass is 10.2. The second-order valence-corrected chi connectivity index (χ2v) is 3.03. The molecule has 0 saturated carbocycles. The highest BCUT2D eigenvalue weighted by atomic mass is 16.5. The van der Waals surface area contributed by atoms with Crippen LogP contribution in [0.2, 0.25) is 0 Å². The summed E-state index contributed by atoms with van der Waals surface area (Å²) in [5.74, 6) is 1.90. The molecule has 0 saturated heterocycles. The summed E-state index contributed by atoms with van der Waals surface area (Å²) < 4.78 is 5.06. The Bertz CT molecular complexity index is 454. The van der Waals surface area contributed by atoms with Gasteiger partial charge in [-0.05, 0) is 30.3 Å². The van der Waals surface area contributed by atoms with Crippen molar-refractivity contribution in [1.29, 1.82) is 0 Å². The molecular formula is C11H11N3O. The van der Waals surface area contributed by atoms with Gasteiger partial charge in [0.15, 0.2) is 5.82 Å². The van der Waals surface area contributed by atoms with Crippen LogP contribution in [0.4, 0.5) is 5.82 Å². The second-order valence-electron chi connectivity index (χ2n) is 3.03. The molecule has 2 rings (SSSR count). The summed E-state index contributed by atoms with van der Waals surface area (Å²) >= 11 is 0. The molecule has 76 valence electrons. The van der Waals surface area contributed by atoms with Crippen LogP contribution in [0.25, 0.3) is 11.4 Å². The summed E-state index contributed by atoms with van der Waals surface area (Å²) in [6, 6.07) is 9.18. The largest absolute Gasteiger partial charge is 0.497 e. The predicted molar refractivity (Wildman–Crippen MR) is 58.4 cm³/mol. The van der Waals surface area contributed by atoms with Crippen LogP contribution in [-0.2, 0) is 0 Å². The molecule has 0 atom stereocenters. The Morgan fingerprint density at radius 1 is 1.13 bits per heavy atom. The highest BCUT2D eigenvalue weighted by molar-refractivity contribution is 5.57. The molecule has 0 unspecified atom stereocenters. The molecule has 0 amide bonds. The van der Waals surface area contributed by atoms with Gasteiger partial charge < -0.3 is 10.5 Å². The number of hydrogen-bond acceptors (Lipinski definition) is 4. The lowest BCUT2D eigenvalue weighted by Crippen LogP contribution is -1.94. The van der Waals surface area contributed by atoms with Gasteiger partial charge in [-0.25, -0.2) is 9.97 Å². The van der Waals surface area contributed by atoms with E-state index in [1.807, 2.05) is 24.3 Å². The van der Waals surface area contributed by atoms with E-state index >= 15 is 0 Å². The molecule has 4 heteroatoms. The van der Waals surface area contributed by atoms with Gasteiger partial charge in [0.05, 0.1) is 7.11 Å². The standard InChI is InChI=1S/C11H11N3O/c1-15-9-4-2-8(3-5-9)11-13-7-6-10(12)14-11/h2-7H,1H3,(H2,12,13,14). The number of aromatic nitrogens is 2. The third-order valence-corrected chi connectivity index (χ3v) is 2.03. The Labute approximate surface area is 87.7 Å². The first-order valence-corrected chi connectivity index (χ1v) is 4.52. The van der Waals surface area contributed by atoms with E-state index in [2.05, 4.69) is 9.97 Å². The van der Waals surface area contributed by atoms with Gasteiger partial charge in [-0.1, -0.05) is 0 Å². The van der Waals surface area contributed by atoms with Crippen molar-refractivity contribution in [1.82, 2.24) is 9.97 Å². The summed E-state index contributed by atoms with van der Waals surface area (Å²) in [6.07, 6.45) is 1.64. The lowest BCUT2D eigenvalue weighted by molar-refractivity contribution is 0.415. The van der Waals surface area contributed by atoms with Gasteiger partial charge in [0.25, 0.3) is 0 Å². The summed E-state index contributed by atoms with van der Waals surface area (Å²) in [4.78, 5) is 8.26. The van der Waals surface area contributed by atoms with Gasteiger partial charge in [-0.15, -0.1) is 0 Å². The second kappa shape index (κ2) is 3.96. The third-order valence-electron chi connectivity index (χ3n) is 2.03. The number of rotatable bonds is 2. The summed E-state index contributed by atoms with van der Waals surface area (Å²) in [5, 5.41) is 0. The maximum atomic E-state index is 5.58. The number of anilines is 1. The van der Waals surface area contributed by atoms with Crippen LogP contribution in [-0.4, -0.2) is 17.1 Å². The van der Waals surface area contributed by atoms with E-state index < -0.39 is 0 Å². The molecule has 1 heterocycles. The average molecular weight is 201 g/mol. The topological polar surface area (TPSA) is 61.0 Å². The zero-order valence-electron chi connectivity index (χ0n) is 8.34. The van der Waals surface area contributed by atoms with Crippen LogP contribution in [0.15, 0.2) is 36.5 Å². The molecule has 0 radical (unpaired) electrons. The van der Waals surface area contributed by atoms with Crippen molar-refractivity contribution in [2.75, 3.05) is 12.8 Å². The van der Waals surface area contributed by atoms with Gasteiger partial charge in [-0.3, -0.25) is 0 Å². The molecule has 0 aliphatic carbocycles. The van der Waals surface area contributed by atoms with E-state index in [0.717, 1.165) is 11.3 Å². The van der Waals surface area contributed by atoms with Gasteiger partial charge >= 0.3 is 0 Å². The van der Waals surface area contributed by atoms with Gasteiger partial charge in [0.1, 0.15) is 11.6 Å². The zero-order chi connectivity index (χ0) is 10.7. The maximum Gasteiger partial charge on any atom is 0.161 e. The fraction of sp³-hybridized carbons (Fsp3) is 0.0909. The van der Waals surface area contributed by atoms with Crippen LogP contribution in [0.1, 0.15) is 0 Å². The molecule has 15 heavy (non-hydrogen) atoms. The molecular weight excluding hydrogens is 190 g/mol. The SMILES string of the molecule is COc1ccc(-c2nccc(N)n2)cc1. The Kier molecular flexibility index (Phi) is 2.49. The van der Waals surface area contributed by atoms with Crippen LogP contribution >= 0.6 is 0 Å². The molecule has 1 aromatic carbocycles. The van der Waals surface area contributed by atoms with E-state index in [9.17, 15) is 0 Å². The summed E-state index contributed by atoms with van der Waals surface area (Å²) in [7, 11) is 1.63. The number of nitrogens with two attached hydrogens (primary N) is 1. The molecule has 4 nitrogen and oxygen atoms in total. The minimum atomic E-state index is 0.468. The molecule has 0 spiro atoms. The Balaban J connectivity index is 2.37. The molecule has 0 bridgehead atoms. The Morgan fingerprint density at radius 2 is 1.87 bits per heavy atom. The monoisotopic (exact) mass is 201 g/mol. The molecule has 2 aromatic rings. The average Bonchev–Trinajstić information content (AvgIpc) is 2.29. The smallest absolute Gasteiger partial charge is 0.161 e. The number of ether oxygens (including phenoxy) is 1. The quantitative estimate of drug-likeness (QED) is 0.803. The zero-order valence-corrected chi connectivity index (χ0v) is 8.34. The van der Waals surface area contributed by atoms with Crippen molar-refractivity contribution in [3.63, 3.8) is 0 Å². The van der Waals surface area contributed by atoms with Gasteiger partial charge in [0.2, 0.25) is 0 Å². The molecule has 0 fully saturated rings. The van der Waals surface area contributed by atoms with Crippen molar-refractivity contribution in [3.8, 4) is 17.1 Å². The maximum absolute atomic E-state index is 5.58. The fourth-order valence-corrected chi connectivity index (χ4v) is 1.25. The highest BCUT2D eigenvalue weighted by Crippen LogP contribution is 2.19. The Morgan fingerprint density at radius 3 is 2.47 bits per heavy atom. The van der Waals surface area contributed by atoms with E-state index in [-0.39, 0.29) is 0 Å². The minimum absolute atomic E-state index is 0.468. The van der Waals surface area contributed by atoms with Crippen LogP contribution in [0.5, 0.6) is 5.75 Å². The molecule has 0 aliphatic rings. The van der Waals surface area contributed by atoms with E-state index in [1.165, 1.54) is 0 Å². The summed E-state index contributed by atoms with van der Waals surface area (Å²) in [5.41, 5.74) is 6.50. The number of nitrogen functional groups attached to an aromatic ring is 1. The molecule has 1 aromatic heterocycles. The first-order chi connectivity index (χ1) is 7.29. The van der Waals surface area contributed by atoms with Gasteiger partial charge in [0, 0.05) is 11.8 Å². The highest BCUT2D eigenvalue weighted by Gasteiger charge is 2.01. The minimum Gasteiger partial charge on any atom is -0.497 e. The van der Waals surface area contributed by atoms with E-state index in [0.29, 0.717) is 11.6 Å². The number of nitrogens with zero attached hydrogens (tertiary/aromatic N) is 2. The Hall–Kier alpha value is -2.10.